The predicted molar refractivity (Wildman–Crippen MR) is 191 cm³/mol. The molecule has 0 amide bonds. The molecule has 2 heteroatoms. The van der Waals surface area contributed by atoms with Crippen molar-refractivity contribution >= 4 is 0 Å². The lowest BCUT2D eigenvalue weighted by molar-refractivity contribution is 0.0974. The molecule has 0 fully saturated rings. The molecule has 4 unspecified atom stereocenters. The summed E-state index contributed by atoms with van der Waals surface area (Å²) in [4.78, 5) is 0. The number of aliphatic hydroxyl groups excluding tert-OH is 1. The summed E-state index contributed by atoms with van der Waals surface area (Å²) in [6.07, 6.45) is 26.4. The molecule has 0 aromatic heterocycles. The Morgan fingerprint density at radius 2 is 1.14 bits per heavy atom. The van der Waals surface area contributed by atoms with E-state index in [1.807, 2.05) is 13.0 Å². The summed E-state index contributed by atoms with van der Waals surface area (Å²) in [5, 5.41) is 19.9. The van der Waals surface area contributed by atoms with Gasteiger partial charge >= 0.3 is 0 Å². The van der Waals surface area contributed by atoms with Crippen LogP contribution in [0.4, 0.5) is 0 Å². The van der Waals surface area contributed by atoms with Crippen LogP contribution in [0.5, 0.6) is 0 Å². The Kier molecular flexibility index (Phi) is 26.5. The topological polar surface area (TPSA) is 40.5 Å². The van der Waals surface area contributed by atoms with E-state index in [-0.39, 0.29) is 6.10 Å². The third kappa shape index (κ3) is 31.6. The first-order valence-electron chi connectivity index (χ1n) is 17.2. The second-order valence-electron chi connectivity index (χ2n) is 14.4. The molecule has 0 aliphatic heterocycles. The van der Waals surface area contributed by atoms with Gasteiger partial charge in [-0.15, -0.1) is 6.58 Å². The minimum atomic E-state index is -0.676. The molecule has 42 heavy (non-hydrogen) atoms. The van der Waals surface area contributed by atoms with E-state index in [0.717, 1.165) is 62.7 Å². The zero-order chi connectivity index (χ0) is 32.6. The lowest BCUT2D eigenvalue weighted by atomic mass is 9.90. The summed E-state index contributed by atoms with van der Waals surface area (Å²) in [6, 6.07) is 0. The van der Waals surface area contributed by atoms with Crippen LogP contribution in [0.25, 0.3) is 0 Å². The third-order valence-corrected chi connectivity index (χ3v) is 8.06. The average molecular weight is 587 g/mol. The van der Waals surface area contributed by atoms with Crippen LogP contribution in [0.15, 0.2) is 59.3 Å². The van der Waals surface area contributed by atoms with Crippen molar-refractivity contribution in [1.29, 1.82) is 0 Å². The Morgan fingerprint density at radius 3 is 1.60 bits per heavy atom. The highest BCUT2D eigenvalue weighted by Gasteiger charge is 2.15. The molecule has 0 aliphatic rings. The molecule has 2 nitrogen and oxygen atoms in total. The maximum absolute atomic E-state index is 10.0. The lowest BCUT2D eigenvalue weighted by Crippen LogP contribution is -2.20. The fourth-order valence-corrected chi connectivity index (χ4v) is 4.97. The van der Waals surface area contributed by atoms with E-state index in [1.54, 1.807) is 6.08 Å². The molecule has 0 saturated carbocycles. The molecule has 0 aliphatic carbocycles. The van der Waals surface area contributed by atoms with Crippen molar-refractivity contribution in [2.24, 2.45) is 17.8 Å². The van der Waals surface area contributed by atoms with Crippen LogP contribution >= 0.6 is 0 Å². The van der Waals surface area contributed by atoms with Crippen molar-refractivity contribution in [2.75, 3.05) is 0 Å². The molecule has 0 saturated heterocycles. The van der Waals surface area contributed by atoms with Gasteiger partial charge in [-0.1, -0.05) is 132 Å². The molecule has 0 heterocycles. The van der Waals surface area contributed by atoms with Crippen molar-refractivity contribution in [3.8, 4) is 0 Å². The smallest absolute Gasteiger partial charge is 0.0797 e. The van der Waals surface area contributed by atoms with Gasteiger partial charge in [0.1, 0.15) is 0 Å². The number of rotatable bonds is 22. The molecule has 0 bridgehead atoms. The van der Waals surface area contributed by atoms with Crippen LogP contribution in [-0.2, 0) is 0 Å². The van der Waals surface area contributed by atoms with E-state index in [0.29, 0.717) is 0 Å². The predicted octanol–water partition coefficient (Wildman–Crippen LogP) is 12.5. The highest BCUT2D eigenvalue weighted by Crippen LogP contribution is 2.23. The minimum Gasteiger partial charge on any atom is -0.389 e. The van der Waals surface area contributed by atoms with Gasteiger partial charge in [0.25, 0.3) is 0 Å². The molecule has 0 rings (SSSR count). The highest BCUT2D eigenvalue weighted by molar-refractivity contribution is 5.08. The highest BCUT2D eigenvalue weighted by atomic mass is 16.3. The van der Waals surface area contributed by atoms with E-state index in [9.17, 15) is 10.2 Å². The quantitative estimate of drug-likeness (QED) is 0.124. The summed E-state index contributed by atoms with van der Waals surface area (Å²) in [7, 11) is 0. The lowest BCUT2D eigenvalue weighted by Gasteiger charge is -2.20. The fourth-order valence-electron chi connectivity index (χ4n) is 4.97. The number of hydrogen-bond donors (Lipinski definition) is 2. The first-order valence-corrected chi connectivity index (χ1v) is 17.2. The van der Waals surface area contributed by atoms with Crippen LogP contribution in [-0.4, -0.2) is 21.9 Å². The normalized spacial score (nSPS) is 15.7. The molecule has 0 spiro atoms. The van der Waals surface area contributed by atoms with Gasteiger partial charge in [-0.25, -0.2) is 0 Å². The van der Waals surface area contributed by atoms with E-state index >= 15 is 0 Å². The Morgan fingerprint density at radius 1 is 0.690 bits per heavy atom. The van der Waals surface area contributed by atoms with Crippen molar-refractivity contribution < 1.29 is 10.2 Å². The first-order chi connectivity index (χ1) is 19.6. The van der Waals surface area contributed by atoms with Crippen LogP contribution in [0, 0.1) is 17.8 Å². The van der Waals surface area contributed by atoms with E-state index < -0.39 is 5.60 Å². The molecular weight excluding hydrogens is 512 g/mol. The summed E-state index contributed by atoms with van der Waals surface area (Å²) >= 11 is 0. The van der Waals surface area contributed by atoms with Gasteiger partial charge in [0.2, 0.25) is 0 Å². The zero-order valence-electron chi connectivity index (χ0n) is 30.2. The summed E-state index contributed by atoms with van der Waals surface area (Å²) in [5.41, 5.74) is 4.69. The van der Waals surface area contributed by atoms with Crippen LogP contribution < -0.4 is 0 Å². The molecule has 0 aromatic carbocycles. The van der Waals surface area contributed by atoms with Crippen molar-refractivity contribution in [1.82, 2.24) is 0 Å². The summed E-state index contributed by atoms with van der Waals surface area (Å²) in [5.74, 6) is 2.52. The molecule has 2 N–H and O–H groups in total. The second-order valence-corrected chi connectivity index (χ2v) is 14.4. The van der Waals surface area contributed by atoms with Crippen molar-refractivity contribution in [3.63, 3.8) is 0 Å². The average Bonchev–Trinajstić information content (AvgIpc) is 2.87. The first kappa shape index (κ1) is 42.8. The Bertz CT molecular complexity index is 784. The van der Waals surface area contributed by atoms with E-state index in [2.05, 4.69) is 94.0 Å². The van der Waals surface area contributed by atoms with Gasteiger partial charge in [-0.2, -0.15) is 0 Å². The molecule has 0 aromatic rings. The van der Waals surface area contributed by atoms with Gasteiger partial charge in [0, 0.05) is 0 Å². The largest absolute Gasteiger partial charge is 0.389 e. The monoisotopic (exact) mass is 587 g/mol. The molecule has 246 valence electrons. The maximum atomic E-state index is 10.0. The Hall–Kier alpha value is -1.38. The number of aliphatic hydroxyl groups is 2. The van der Waals surface area contributed by atoms with E-state index in [4.69, 9.17) is 0 Å². The second kappa shape index (κ2) is 26.1. The molecular formula is C40H74O2. The minimum absolute atomic E-state index is 0.352. The summed E-state index contributed by atoms with van der Waals surface area (Å²) in [6.45, 7) is 27.7. The number of allylic oxidation sites excluding steroid dienone is 6. The standard InChI is InChI=1S/C20H34O.C20H40O/c1-16(2)9-7-11-18(5)13-14-20(21)15-19(6)12-8-10-17(3)4;1-7-20(6,21)16-10-15-19(5)14-9-13-18(4)12-8-11-17(2)3/h9-10,13,15,20-21H,7-8,11-12,14H2,1-6H3;7,17-19,21H,1,8-16H2,2-6H3/b18-13+,19-15+;. The van der Waals surface area contributed by atoms with Gasteiger partial charge in [-0.3, -0.25) is 0 Å². The van der Waals surface area contributed by atoms with Crippen molar-refractivity contribution in [2.45, 2.75) is 178 Å². The third-order valence-electron chi connectivity index (χ3n) is 8.06. The Labute approximate surface area is 264 Å². The zero-order valence-corrected chi connectivity index (χ0v) is 30.2. The summed E-state index contributed by atoms with van der Waals surface area (Å²) < 4.78 is 0. The van der Waals surface area contributed by atoms with Crippen LogP contribution in [0.3, 0.4) is 0 Å². The SMILES string of the molecule is C=CC(C)(O)CCCC(C)CCCC(C)CCCC(C)C.CC(C)=CCC/C(C)=C/CC(O)/C=C(\C)CCC=C(C)C. The van der Waals surface area contributed by atoms with Crippen LogP contribution in [0.1, 0.15) is 166 Å². The maximum Gasteiger partial charge on any atom is 0.0797 e. The number of hydrogen-bond acceptors (Lipinski definition) is 2. The van der Waals surface area contributed by atoms with E-state index in [1.165, 1.54) is 67.2 Å². The van der Waals surface area contributed by atoms with Crippen molar-refractivity contribution in [3.05, 3.63) is 59.3 Å². The van der Waals surface area contributed by atoms with Gasteiger partial charge in [0.05, 0.1) is 11.7 Å². The Balaban J connectivity index is 0. The van der Waals surface area contributed by atoms with Gasteiger partial charge < -0.3 is 10.2 Å². The molecule has 0 radical (unpaired) electrons. The van der Waals surface area contributed by atoms with Gasteiger partial charge in [-0.05, 0) is 105 Å². The fraction of sp³-hybridized carbons (Fsp3) is 0.750. The van der Waals surface area contributed by atoms with Crippen LogP contribution in [0.2, 0.25) is 0 Å². The molecule has 4 atom stereocenters. The van der Waals surface area contributed by atoms with Gasteiger partial charge in [0.15, 0.2) is 0 Å².